The molecule has 0 N–H and O–H groups in total. The first-order valence-corrected chi connectivity index (χ1v) is 20.1. The van der Waals surface area contributed by atoms with Crippen molar-refractivity contribution in [3.63, 3.8) is 0 Å². The Labute approximate surface area is 340 Å². The van der Waals surface area contributed by atoms with Crippen LogP contribution in [0, 0.1) is 0 Å². The molecule has 1 aliphatic carbocycles. The van der Waals surface area contributed by atoms with E-state index in [0.717, 1.165) is 55.4 Å². The van der Waals surface area contributed by atoms with Gasteiger partial charge < -0.3 is 8.98 Å². The predicted molar refractivity (Wildman–Crippen MR) is 241 cm³/mol. The maximum Gasteiger partial charge on any atom is 0.164 e. The number of nitrogens with zero attached hydrogens (tertiary/aromatic N) is 4. The molecule has 0 fully saturated rings. The summed E-state index contributed by atoms with van der Waals surface area (Å²) in [7, 11) is 0. The molecule has 0 aliphatic heterocycles. The second kappa shape index (κ2) is 12.7. The number of hydrogen-bond donors (Lipinski definition) is 0. The highest BCUT2D eigenvalue weighted by Crippen LogP contribution is 2.51. The Morgan fingerprint density at radius 3 is 1.75 bits per heavy atom. The van der Waals surface area contributed by atoms with Crippen molar-refractivity contribution in [3.05, 3.63) is 193 Å². The highest BCUT2D eigenvalue weighted by atomic mass is 16.3. The van der Waals surface area contributed by atoms with Crippen molar-refractivity contribution >= 4 is 43.7 Å². The molecule has 5 heteroatoms. The van der Waals surface area contributed by atoms with Gasteiger partial charge >= 0.3 is 0 Å². The Morgan fingerprint density at radius 1 is 0.407 bits per heavy atom. The van der Waals surface area contributed by atoms with Crippen LogP contribution in [0.4, 0.5) is 0 Å². The molecule has 0 unspecified atom stereocenters. The Balaban J connectivity index is 0.993. The maximum absolute atomic E-state index is 6.55. The van der Waals surface area contributed by atoms with Crippen LogP contribution >= 0.6 is 0 Å². The lowest BCUT2D eigenvalue weighted by molar-refractivity contribution is 0.661. The van der Waals surface area contributed by atoms with E-state index in [2.05, 4.69) is 140 Å². The van der Waals surface area contributed by atoms with Gasteiger partial charge in [0.1, 0.15) is 11.2 Å². The van der Waals surface area contributed by atoms with E-state index in [1.807, 2.05) is 60.7 Å². The summed E-state index contributed by atoms with van der Waals surface area (Å²) < 4.78 is 8.99. The standard InChI is InChI=1S/C54H36N4O/c1-54(2)44-21-11-9-18-39(44)41-31-42-40-19-10-12-22-46(40)58(47(42)32-45(41)54)37-28-29-48-43(30-37)50-38(20-13-23-49(50)59-48)33-24-26-36(27-25-33)53-56-51(34-14-5-3-6-15-34)55-52(57-53)35-16-7-4-8-17-35/h3-32H,1-2H3. The minimum atomic E-state index is -0.103. The Kier molecular flexibility index (Phi) is 7.20. The van der Waals surface area contributed by atoms with Crippen LogP contribution < -0.4 is 0 Å². The van der Waals surface area contributed by atoms with E-state index in [-0.39, 0.29) is 5.41 Å². The molecule has 3 aromatic heterocycles. The molecule has 11 aromatic rings. The summed E-state index contributed by atoms with van der Waals surface area (Å²) in [4.78, 5) is 14.8. The lowest BCUT2D eigenvalue weighted by atomic mass is 9.82. The number of benzene rings is 8. The highest BCUT2D eigenvalue weighted by Gasteiger charge is 2.36. The van der Waals surface area contributed by atoms with Gasteiger partial charge in [-0.3, -0.25) is 0 Å². The maximum atomic E-state index is 6.55. The van der Waals surface area contributed by atoms with Crippen LogP contribution in [0.15, 0.2) is 186 Å². The van der Waals surface area contributed by atoms with E-state index in [1.165, 1.54) is 44.1 Å². The second-order valence-electron chi connectivity index (χ2n) is 16.0. The normalized spacial score (nSPS) is 13.1. The number of hydrogen-bond acceptors (Lipinski definition) is 4. The first-order valence-electron chi connectivity index (χ1n) is 20.1. The van der Waals surface area contributed by atoms with Gasteiger partial charge in [0.2, 0.25) is 0 Å². The Morgan fingerprint density at radius 2 is 1.02 bits per heavy atom. The van der Waals surface area contributed by atoms with E-state index in [0.29, 0.717) is 17.5 Å². The molecule has 0 radical (unpaired) electrons. The van der Waals surface area contributed by atoms with Crippen molar-refractivity contribution in [1.29, 1.82) is 0 Å². The number of para-hydroxylation sites is 1. The van der Waals surface area contributed by atoms with Crippen molar-refractivity contribution in [1.82, 2.24) is 19.5 Å². The number of furan rings is 1. The molecule has 278 valence electrons. The van der Waals surface area contributed by atoms with Crippen molar-refractivity contribution < 1.29 is 4.42 Å². The van der Waals surface area contributed by atoms with Gasteiger partial charge in [0.15, 0.2) is 17.5 Å². The van der Waals surface area contributed by atoms with Crippen molar-refractivity contribution in [2.75, 3.05) is 0 Å². The summed E-state index contributed by atoms with van der Waals surface area (Å²) in [5, 5.41) is 4.67. The minimum absolute atomic E-state index is 0.103. The third-order valence-corrected chi connectivity index (χ3v) is 12.3. The molecule has 0 saturated heterocycles. The second-order valence-corrected chi connectivity index (χ2v) is 16.0. The van der Waals surface area contributed by atoms with Crippen LogP contribution in [0.25, 0.3) is 106 Å². The average Bonchev–Trinajstić information content (AvgIpc) is 3.91. The van der Waals surface area contributed by atoms with E-state index in [1.54, 1.807) is 0 Å². The first-order chi connectivity index (χ1) is 29.0. The molecule has 3 heterocycles. The fourth-order valence-corrected chi connectivity index (χ4v) is 9.37. The van der Waals surface area contributed by atoms with Gasteiger partial charge in [-0.15, -0.1) is 0 Å². The van der Waals surface area contributed by atoms with Crippen LogP contribution in [0.2, 0.25) is 0 Å². The van der Waals surface area contributed by atoms with Gasteiger partial charge in [-0.1, -0.05) is 153 Å². The summed E-state index contributed by atoms with van der Waals surface area (Å²) in [6.45, 7) is 4.70. The molecular weight excluding hydrogens is 721 g/mol. The molecule has 0 bridgehead atoms. The monoisotopic (exact) mass is 756 g/mol. The smallest absolute Gasteiger partial charge is 0.164 e. The van der Waals surface area contributed by atoms with Gasteiger partial charge in [-0.05, 0) is 75.8 Å². The van der Waals surface area contributed by atoms with Gasteiger partial charge in [0.05, 0.1) is 11.0 Å². The Bertz CT molecular complexity index is 3390. The third kappa shape index (κ3) is 5.14. The average molecular weight is 757 g/mol. The van der Waals surface area contributed by atoms with Gasteiger partial charge in [0, 0.05) is 49.3 Å². The third-order valence-electron chi connectivity index (χ3n) is 12.3. The van der Waals surface area contributed by atoms with Gasteiger partial charge in [-0.25, -0.2) is 15.0 Å². The minimum Gasteiger partial charge on any atom is -0.456 e. The fraction of sp³-hybridized carbons (Fsp3) is 0.0556. The lowest BCUT2D eigenvalue weighted by Crippen LogP contribution is -2.14. The highest BCUT2D eigenvalue weighted by molar-refractivity contribution is 6.15. The zero-order chi connectivity index (χ0) is 39.2. The molecule has 0 atom stereocenters. The molecule has 0 spiro atoms. The number of aromatic nitrogens is 4. The first kappa shape index (κ1) is 33.5. The summed E-state index contributed by atoms with van der Waals surface area (Å²) in [5.74, 6) is 1.92. The van der Waals surface area contributed by atoms with E-state index < -0.39 is 0 Å². The zero-order valence-electron chi connectivity index (χ0n) is 32.5. The van der Waals surface area contributed by atoms with Crippen molar-refractivity contribution in [3.8, 4) is 62.1 Å². The largest absolute Gasteiger partial charge is 0.456 e. The zero-order valence-corrected chi connectivity index (χ0v) is 32.5. The SMILES string of the molecule is CC1(C)c2ccccc2-c2cc3c4ccccc4n(-c4ccc5oc6cccc(-c7ccc(-c8nc(-c9ccccc9)nc(-c9ccccc9)n8)cc7)c6c5c4)c3cc21. The summed E-state index contributed by atoms with van der Waals surface area (Å²) in [6.07, 6.45) is 0. The number of rotatable bonds is 5. The predicted octanol–water partition coefficient (Wildman–Crippen LogP) is 13.8. The molecule has 0 saturated carbocycles. The molecule has 12 rings (SSSR count). The van der Waals surface area contributed by atoms with E-state index >= 15 is 0 Å². The van der Waals surface area contributed by atoms with Crippen LogP contribution in [0.5, 0.6) is 0 Å². The van der Waals surface area contributed by atoms with Crippen LogP contribution in [0.1, 0.15) is 25.0 Å². The van der Waals surface area contributed by atoms with Gasteiger partial charge in [-0.2, -0.15) is 0 Å². The molecular formula is C54H36N4O. The summed E-state index contributed by atoms with van der Waals surface area (Å²) >= 11 is 0. The van der Waals surface area contributed by atoms with E-state index in [9.17, 15) is 0 Å². The van der Waals surface area contributed by atoms with Crippen molar-refractivity contribution in [2.45, 2.75) is 19.3 Å². The van der Waals surface area contributed by atoms with Crippen LogP contribution in [-0.2, 0) is 5.41 Å². The molecule has 5 nitrogen and oxygen atoms in total. The summed E-state index contributed by atoms with van der Waals surface area (Å²) in [5.41, 5.74) is 15.5. The Hall–Kier alpha value is -7.63. The van der Waals surface area contributed by atoms with Crippen LogP contribution in [-0.4, -0.2) is 19.5 Å². The molecule has 1 aliphatic rings. The van der Waals surface area contributed by atoms with Crippen molar-refractivity contribution in [2.24, 2.45) is 0 Å². The lowest BCUT2D eigenvalue weighted by Gasteiger charge is -2.21. The van der Waals surface area contributed by atoms with Gasteiger partial charge in [0.25, 0.3) is 0 Å². The number of fused-ring (bicyclic) bond motifs is 9. The molecule has 59 heavy (non-hydrogen) atoms. The quantitative estimate of drug-likeness (QED) is 0.175. The summed E-state index contributed by atoms with van der Waals surface area (Å²) in [6, 6.07) is 64.2. The topological polar surface area (TPSA) is 56.7 Å². The molecule has 8 aromatic carbocycles. The van der Waals surface area contributed by atoms with Crippen LogP contribution in [0.3, 0.4) is 0 Å². The fourth-order valence-electron chi connectivity index (χ4n) is 9.37. The molecule has 0 amide bonds. The van der Waals surface area contributed by atoms with E-state index in [4.69, 9.17) is 19.4 Å².